The van der Waals surface area contributed by atoms with E-state index >= 15 is 0 Å². The molecule has 2 rings (SSSR count). The summed E-state index contributed by atoms with van der Waals surface area (Å²) in [7, 11) is 0. The molecule has 1 aliphatic heterocycles. The third-order valence-corrected chi connectivity index (χ3v) is 2.86. The molecular formula is C13H15FN2O2. The maximum Gasteiger partial charge on any atom is 0.221 e. The Morgan fingerprint density at radius 1 is 1.50 bits per heavy atom. The van der Waals surface area contributed by atoms with Crippen molar-refractivity contribution in [3.63, 3.8) is 0 Å². The number of rotatable bonds is 4. The smallest absolute Gasteiger partial charge is 0.221 e. The molecule has 0 saturated carbocycles. The molecular weight excluding hydrogens is 235 g/mol. The van der Waals surface area contributed by atoms with E-state index in [4.69, 9.17) is 10.5 Å². The molecule has 0 atom stereocenters. The highest BCUT2D eigenvalue weighted by Crippen LogP contribution is 2.14. The van der Waals surface area contributed by atoms with Gasteiger partial charge in [-0.1, -0.05) is 19.1 Å². The maximum atomic E-state index is 13.6. The summed E-state index contributed by atoms with van der Waals surface area (Å²) in [6, 6.07) is 4.95. The largest absolute Gasteiger partial charge is 0.469 e. The van der Waals surface area contributed by atoms with Crippen molar-refractivity contribution in [2.24, 2.45) is 5.73 Å². The standard InChI is InChI=1S/C13H15FN2O2/c1-2-8-3-4-10(14)9(5-8)6-16-12-11(17)7-18-13(12)15/h3-5,16H,2,6-7,15H2,1H3. The summed E-state index contributed by atoms with van der Waals surface area (Å²) in [5.41, 5.74) is 7.29. The summed E-state index contributed by atoms with van der Waals surface area (Å²) in [4.78, 5) is 11.4. The molecule has 0 radical (unpaired) electrons. The number of halogens is 1. The van der Waals surface area contributed by atoms with Gasteiger partial charge in [-0.05, 0) is 18.1 Å². The van der Waals surface area contributed by atoms with Crippen LogP contribution in [0.4, 0.5) is 4.39 Å². The Morgan fingerprint density at radius 2 is 2.28 bits per heavy atom. The van der Waals surface area contributed by atoms with Crippen LogP contribution in [0.3, 0.4) is 0 Å². The quantitative estimate of drug-likeness (QED) is 0.843. The van der Waals surface area contributed by atoms with Crippen LogP contribution < -0.4 is 11.1 Å². The zero-order valence-corrected chi connectivity index (χ0v) is 10.1. The minimum Gasteiger partial charge on any atom is -0.469 e. The van der Waals surface area contributed by atoms with Gasteiger partial charge in [0.25, 0.3) is 0 Å². The highest BCUT2D eigenvalue weighted by molar-refractivity contribution is 5.97. The van der Waals surface area contributed by atoms with Crippen molar-refractivity contribution in [2.75, 3.05) is 6.61 Å². The Bertz CT molecular complexity index is 512. The van der Waals surface area contributed by atoms with E-state index in [2.05, 4.69) is 5.32 Å². The molecule has 1 aromatic rings. The first-order valence-electron chi connectivity index (χ1n) is 5.78. The van der Waals surface area contributed by atoms with Gasteiger partial charge in [-0.2, -0.15) is 0 Å². The Kier molecular flexibility index (Phi) is 3.50. The first-order valence-corrected chi connectivity index (χ1v) is 5.78. The summed E-state index contributed by atoms with van der Waals surface area (Å²) in [5, 5.41) is 2.83. The number of nitrogens with two attached hydrogens (primary N) is 1. The topological polar surface area (TPSA) is 64.3 Å². The van der Waals surface area contributed by atoms with Gasteiger partial charge >= 0.3 is 0 Å². The molecule has 4 nitrogen and oxygen atoms in total. The van der Waals surface area contributed by atoms with E-state index in [1.54, 1.807) is 12.1 Å². The molecule has 0 aromatic heterocycles. The Balaban J connectivity index is 2.11. The average Bonchev–Trinajstić information content (AvgIpc) is 2.68. The summed E-state index contributed by atoms with van der Waals surface area (Å²) in [6.45, 7) is 2.16. The number of aryl methyl sites for hydroxylation is 1. The van der Waals surface area contributed by atoms with Crippen molar-refractivity contribution in [3.05, 3.63) is 46.7 Å². The van der Waals surface area contributed by atoms with E-state index in [-0.39, 0.29) is 36.3 Å². The summed E-state index contributed by atoms with van der Waals surface area (Å²) < 4.78 is 18.5. The number of benzene rings is 1. The monoisotopic (exact) mass is 250 g/mol. The average molecular weight is 250 g/mol. The number of hydrogen-bond donors (Lipinski definition) is 2. The molecule has 3 N–H and O–H groups in total. The second-order valence-corrected chi connectivity index (χ2v) is 4.08. The second kappa shape index (κ2) is 5.08. The Labute approximate surface area is 105 Å². The fraction of sp³-hybridized carbons (Fsp3) is 0.308. The highest BCUT2D eigenvalue weighted by Gasteiger charge is 2.22. The van der Waals surface area contributed by atoms with Crippen LogP contribution in [-0.4, -0.2) is 12.4 Å². The normalized spacial score (nSPS) is 14.9. The van der Waals surface area contributed by atoms with Crippen molar-refractivity contribution < 1.29 is 13.9 Å². The first kappa shape index (κ1) is 12.4. The van der Waals surface area contributed by atoms with Crippen molar-refractivity contribution >= 4 is 5.78 Å². The number of Topliss-reactive ketones (excluding diaryl/α,β-unsaturated/α-hetero) is 1. The molecule has 0 amide bonds. The van der Waals surface area contributed by atoms with E-state index in [1.807, 2.05) is 6.92 Å². The van der Waals surface area contributed by atoms with Gasteiger partial charge in [-0.25, -0.2) is 4.39 Å². The Morgan fingerprint density at radius 3 is 2.89 bits per heavy atom. The fourth-order valence-corrected chi connectivity index (χ4v) is 1.78. The van der Waals surface area contributed by atoms with Crippen LogP contribution >= 0.6 is 0 Å². The molecule has 1 aliphatic rings. The molecule has 0 aliphatic carbocycles. The summed E-state index contributed by atoms with van der Waals surface area (Å²) >= 11 is 0. The van der Waals surface area contributed by atoms with Gasteiger partial charge in [0, 0.05) is 12.1 Å². The predicted molar refractivity (Wildman–Crippen MR) is 64.8 cm³/mol. The molecule has 1 heterocycles. The number of ether oxygens (including phenoxy) is 1. The van der Waals surface area contributed by atoms with Crippen LogP contribution in [-0.2, 0) is 22.5 Å². The molecule has 5 heteroatoms. The molecule has 96 valence electrons. The molecule has 0 spiro atoms. The van der Waals surface area contributed by atoms with Crippen LogP contribution in [0.15, 0.2) is 29.8 Å². The number of nitrogens with one attached hydrogen (secondary N) is 1. The van der Waals surface area contributed by atoms with Crippen molar-refractivity contribution in [2.45, 2.75) is 19.9 Å². The SMILES string of the molecule is CCc1ccc(F)c(CNC2=C(N)OCC2=O)c1. The fourth-order valence-electron chi connectivity index (χ4n) is 1.78. The van der Waals surface area contributed by atoms with Crippen LogP contribution in [0.1, 0.15) is 18.1 Å². The van der Waals surface area contributed by atoms with Gasteiger partial charge in [-0.15, -0.1) is 0 Å². The third kappa shape index (κ3) is 2.45. The van der Waals surface area contributed by atoms with Crippen molar-refractivity contribution in [1.29, 1.82) is 0 Å². The zero-order valence-electron chi connectivity index (χ0n) is 10.1. The summed E-state index contributed by atoms with van der Waals surface area (Å²) in [5.74, 6) is -0.433. The molecule has 18 heavy (non-hydrogen) atoms. The van der Waals surface area contributed by atoms with Gasteiger partial charge in [0.1, 0.15) is 11.5 Å². The van der Waals surface area contributed by atoms with Gasteiger partial charge in [0.05, 0.1) is 0 Å². The highest BCUT2D eigenvalue weighted by atomic mass is 19.1. The number of ketones is 1. The molecule has 0 fully saturated rings. The van der Waals surface area contributed by atoms with Crippen molar-refractivity contribution in [3.8, 4) is 0 Å². The number of carbonyl (C=O) groups is 1. The number of carbonyl (C=O) groups excluding carboxylic acids is 1. The number of hydrogen-bond acceptors (Lipinski definition) is 4. The lowest BCUT2D eigenvalue weighted by Gasteiger charge is -2.08. The lowest BCUT2D eigenvalue weighted by Crippen LogP contribution is -2.21. The van der Waals surface area contributed by atoms with E-state index in [0.717, 1.165) is 12.0 Å². The minimum atomic E-state index is -0.301. The second-order valence-electron chi connectivity index (χ2n) is 4.08. The van der Waals surface area contributed by atoms with Gasteiger partial charge in [0.15, 0.2) is 6.61 Å². The zero-order chi connectivity index (χ0) is 13.1. The van der Waals surface area contributed by atoms with E-state index < -0.39 is 0 Å². The van der Waals surface area contributed by atoms with E-state index in [0.29, 0.717) is 5.56 Å². The molecule has 0 bridgehead atoms. The molecule has 0 unspecified atom stereocenters. The lowest BCUT2D eigenvalue weighted by molar-refractivity contribution is -0.116. The lowest BCUT2D eigenvalue weighted by atomic mass is 10.1. The van der Waals surface area contributed by atoms with E-state index in [1.165, 1.54) is 6.07 Å². The van der Waals surface area contributed by atoms with Gasteiger partial charge in [0.2, 0.25) is 11.7 Å². The summed E-state index contributed by atoms with van der Waals surface area (Å²) in [6.07, 6.45) is 0.833. The Hall–Kier alpha value is -2.04. The van der Waals surface area contributed by atoms with E-state index in [9.17, 15) is 9.18 Å². The first-order chi connectivity index (χ1) is 8.61. The minimum absolute atomic E-state index is 0.0500. The predicted octanol–water partition coefficient (Wildman–Crippen LogP) is 1.20. The van der Waals surface area contributed by atoms with Gasteiger partial charge < -0.3 is 15.8 Å². The molecule has 1 aromatic carbocycles. The van der Waals surface area contributed by atoms with Crippen LogP contribution in [0, 0.1) is 5.82 Å². The maximum absolute atomic E-state index is 13.6. The van der Waals surface area contributed by atoms with Crippen LogP contribution in [0.5, 0.6) is 0 Å². The van der Waals surface area contributed by atoms with Crippen LogP contribution in [0.2, 0.25) is 0 Å². The molecule has 0 saturated heterocycles. The van der Waals surface area contributed by atoms with Crippen LogP contribution in [0.25, 0.3) is 0 Å². The third-order valence-electron chi connectivity index (χ3n) is 2.86. The van der Waals surface area contributed by atoms with Gasteiger partial charge in [-0.3, -0.25) is 4.79 Å². The van der Waals surface area contributed by atoms with Crippen molar-refractivity contribution in [1.82, 2.24) is 5.32 Å².